The molecule has 2 rings (SSSR count). The van der Waals surface area contributed by atoms with Crippen molar-refractivity contribution in [3.05, 3.63) is 41.2 Å². The molecule has 0 aliphatic carbocycles. The van der Waals surface area contributed by atoms with Gasteiger partial charge < -0.3 is 5.11 Å². The zero-order chi connectivity index (χ0) is 13.0. The van der Waals surface area contributed by atoms with Crippen LogP contribution in [0.15, 0.2) is 24.3 Å². The van der Waals surface area contributed by atoms with Crippen molar-refractivity contribution >= 4 is 12.0 Å². The summed E-state index contributed by atoms with van der Waals surface area (Å²) < 4.78 is 13.5. The van der Waals surface area contributed by atoms with Crippen molar-refractivity contribution in [2.75, 3.05) is 13.1 Å². The lowest BCUT2D eigenvalue weighted by atomic mass is 10.1. The lowest BCUT2D eigenvalue weighted by molar-refractivity contribution is -0.131. The number of hydrogen-bond donors (Lipinski definition) is 1. The van der Waals surface area contributed by atoms with Crippen molar-refractivity contribution in [2.24, 2.45) is 0 Å². The molecule has 1 aliphatic rings. The monoisotopic (exact) mass is 249 g/mol. The maximum Gasteiger partial charge on any atom is 0.328 e. The summed E-state index contributed by atoms with van der Waals surface area (Å²) in [4.78, 5) is 12.7. The first-order valence-corrected chi connectivity index (χ1v) is 6.07. The smallest absolute Gasteiger partial charge is 0.328 e. The predicted octanol–water partition coefficient (Wildman–Crippen LogP) is 2.52. The van der Waals surface area contributed by atoms with Crippen LogP contribution in [0.2, 0.25) is 0 Å². The van der Waals surface area contributed by atoms with E-state index in [-0.39, 0.29) is 0 Å². The van der Waals surface area contributed by atoms with Crippen LogP contribution < -0.4 is 0 Å². The zero-order valence-electron chi connectivity index (χ0n) is 10.1. The number of rotatable bonds is 4. The van der Waals surface area contributed by atoms with E-state index in [0.717, 1.165) is 31.3 Å². The Bertz CT molecular complexity index is 465. The molecule has 1 fully saturated rings. The van der Waals surface area contributed by atoms with E-state index >= 15 is 0 Å². The fourth-order valence-electron chi connectivity index (χ4n) is 2.18. The third-order valence-corrected chi connectivity index (χ3v) is 3.07. The van der Waals surface area contributed by atoms with Gasteiger partial charge in [0, 0.05) is 18.2 Å². The number of halogens is 1. The van der Waals surface area contributed by atoms with Gasteiger partial charge in [0.25, 0.3) is 0 Å². The fraction of sp³-hybridized carbons (Fsp3) is 0.357. The molecule has 96 valence electrons. The van der Waals surface area contributed by atoms with Crippen molar-refractivity contribution in [1.82, 2.24) is 4.90 Å². The van der Waals surface area contributed by atoms with Gasteiger partial charge in [-0.15, -0.1) is 0 Å². The Balaban J connectivity index is 2.12. The van der Waals surface area contributed by atoms with Gasteiger partial charge in [-0.2, -0.15) is 0 Å². The van der Waals surface area contributed by atoms with Crippen LogP contribution in [0.5, 0.6) is 0 Å². The number of nitrogens with zero attached hydrogens (tertiary/aromatic N) is 1. The maximum atomic E-state index is 13.5. The second-order valence-electron chi connectivity index (χ2n) is 4.51. The molecule has 1 aromatic rings. The Morgan fingerprint density at radius 3 is 2.78 bits per heavy atom. The number of carbonyl (C=O) groups is 1. The lowest BCUT2D eigenvalue weighted by Gasteiger charge is -2.14. The van der Waals surface area contributed by atoms with E-state index < -0.39 is 11.8 Å². The van der Waals surface area contributed by atoms with Crippen LogP contribution in [0.3, 0.4) is 0 Å². The van der Waals surface area contributed by atoms with Gasteiger partial charge in [0.15, 0.2) is 0 Å². The zero-order valence-corrected chi connectivity index (χ0v) is 10.1. The molecule has 0 spiro atoms. The molecule has 0 bridgehead atoms. The van der Waals surface area contributed by atoms with Crippen LogP contribution in [0, 0.1) is 5.82 Å². The first kappa shape index (κ1) is 12.8. The van der Waals surface area contributed by atoms with Crippen LogP contribution in [-0.4, -0.2) is 29.1 Å². The van der Waals surface area contributed by atoms with E-state index in [2.05, 4.69) is 4.90 Å². The SMILES string of the molecule is O=C(O)/C=C/c1cc(CN2CCCC2)ccc1F. The number of aliphatic carboxylic acids is 1. The minimum atomic E-state index is -1.07. The Morgan fingerprint density at radius 1 is 1.39 bits per heavy atom. The molecule has 1 N–H and O–H groups in total. The molecule has 18 heavy (non-hydrogen) atoms. The first-order valence-electron chi connectivity index (χ1n) is 6.07. The number of carboxylic acids is 1. The van der Waals surface area contributed by atoms with E-state index in [9.17, 15) is 9.18 Å². The van der Waals surface area contributed by atoms with Crippen LogP contribution in [0.1, 0.15) is 24.0 Å². The summed E-state index contributed by atoms with van der Waals surface area (Å²) in [6, 6.07) is 4.87. The molecule has 4 heteroatoms. The summed E-state index contributed by atoms with van der Waals surface area (Å²) in [5.41, 5.74) is 1.34. The molecule has 1 aromatic carbocycles. The number of benzene rings is 1. The molecule has 0 radical (unpaired) electrons. The van der Waals surface area contributed by atoms with Gasteiger partial charge >= 0.3 is 5.97 Å². The average molecular weight is 249 g/mol. The minimum absolute atomic E-state index is 0.328. The highest BCUT2D eigenvalue weighted by Gasteiger charge is 2.12. The molecule has 0 unspecified atom stereocenters. The van der Waals surface area contributed by atoms with Crippen molar-refractivity contribution in [3.63, 3.8) is 0 Å². The standard InChI is InChI=1S/C14H16FNO2/c15-13-5-3-11(10-16-7-1-2-8-16)9-12(13)4-6-14(17)18/h3-6,9H,1-2,7-8,10H2,(H,17,18)/b6-4+. The van der Waals surface area contributed by atoms with E-state index in [0.29, 0.717) is 5.56 Å². The second kappa shape index (κ2) is 5.78. The van der Waals surface area contributed by atoms with Gasteiger partial charge in [-0.05, 0) is 49.7 Å². The third kappa shape index (κ3) is 3.40. The Morgan fingerprint density at radius 2 is 2.11 bits per heavy atom. The minimum Gasteiger partial charge on any atom is -0.478 e. The van der Waals surface area contributed by atoms with Gasteiger partial charge in [-0.25, -0.2) is 9.18 Å². The Labute approximate surface area is 106 Å². The topological polar surface area (TPSA) is 40.5 Å². The van der Waals surface area contributed by atoms with Crippen LogP contribution in [-0.2, 0) is 11.3 Å². The maximum absolute atomic E-state index is 13.5. The molecule has 0 amide bonds. The van der Waals surface area contributed by atoms with E-state index in [4.69, 9.17) is 5.11 Å². The number of likely N-dealkylation sites (tertiary alicyclic amines) is 1. The van der Waals surface area contributed by atoms with Gasteiger partial charge in [-0.3, -0.25) is 4.90 Å². The Hall–Kier alpha value is -1.68. The van der Waals surface area contributed by atoms with Gasteiger partial charge in [-0.1, -0.05) is 6.07 Å². The highest BCUT2D eigenvalue weighted by molar-refractivity contribution is 5.85. The van der Waals surface area contributed by atoms with E-state index in [1.54, 1.807) is 12.1 Å². The van der Waals surface area contributed by atoms with Crippen LogP contribution >= 0.6 is 0 Å². The summed E-state index contributed by atoms with van der Waals surface area (Å²) in [6.07, 6.45) is 4.68. The highest BCUT2D eigenvalue weighted by atomic mass is 19.1. The van der Waals surface area contributed by atoms with Crippen LogP contribution in [0.4, 0.5) is 4.39 Å². The highest BCUT2D eigenvalue weighted by Crippen LogP contribution is 2.16. The quantitative estimate of drug-likeness (QED) is 0.833. The van der Waals surface area contributed by atoms with Crippen molar-refractivity contribution < 1.29 is 14.3 Å². The molecule has 1 heterocycles. The van der Waals surface area contributed by atoms with E-state index in [1.165, 1.54) is 25.0 Å². The lowest BCUT2D eigenvalue weighted by Crippen LogP contribution is -2.18. The normalized spacial score (nSPS) is 16.5. The van der Waals surface area contributed by atoms with Crippen LogP contribution in [0.25, 0.3) is 6.08 Å². The Kier molecular flexibility index (Phi) is 4.10. The molecule has 0 aromatic heterocycles. The van der Waals surface area contributed by atoms with Crippen molar-refractivity contribution in [3.8, 4) is 0 Å². The largest absolute Gasteiger partial charge is 0.478 e. The summed E-state index contributed by atoms with van der Waals surface area (Å²) >= 11 is 0. The predicted molar refractivity (Wildman–Crippen MR) is 67.6 cm³/mol. The molecule has 0 saturated carbocycles. The summed E-state index contributed by atoms with van der Waals surface area (Å²) in [5.74, 6) is -1.46. The van der Waals surface area contributed by atoms with Crippen molar-refractivity contribution in [2.45, 2.75) is 19.4 Å². The van der Waals surface area contributed by atoms with Gasteiger partial charge in [0.05, 0.1) is 0 Å². The summed E-state index contributed by atoms with van der Waals surface area (Å²) in [6.45, 7) is 2.96. The molecule has 3 nitrogen and oxygen atoms in total. The average Bonchev–Trinajstić information content (AvgIpc) is 2.82. The number of hydrogen-bond acceptors (Lipinski definition) is 2. The molecule has 1 saturated heterocycles. The second-order valence-corrected chi connectivity index (χ2v) is 4.51. The first-order chi connectivity index (χ1) is 8.65. The summed E-state index contributed by atoms with van der Waals surface area (Å²) in [5, 5.41) is 8.55. The molecular weight excluding hydrogens is 233 g/mol. The van der Waals surface area contributed by atoms with Gasteiger partial charge in [0.1, 0.15) is 5.82 Å². The molecule has 0 atom stereocenters. The summed E-state index contributed by atoms with van der Waals surface area (Å²) in [7, 11) is 0. The number of carboxylic acid groups (broad SMARTS) is 1. The van der Waals surface area contributed by atoms with Crippen molar-refractivity contribution in [1.29, 1.82) is 0 Å². The molecule has 1 aliphatic heterocycles. The van der Waals surface area contributed by atoms with E-state index in [1.807, 2.05) is 0 Å². The third-order valence-electron chi connectivity index (χ3n) is 3.07. The fourth-order valence-corrected chi connectivity index (χ4v) is 2.18. The molecular formula is C14H16FNO2. The van der Waals surface area contributed by atoms with Gasteiger partial charge in [0.2, 0.25) is 0 Å².